The van der Waals surface area contributed by atoms with Crippen molar-refractivity contribution >= 4 is 26.8 Å². The summed E-state index contributed by atoms with van der Waals surface area (Å²) in [6, 6.07) is 17.5. The van der Waals surface area contributed by atoms with E-state index in [1.807, 2.05) is 60.8 Å². The number of nitrogens with one attached hydrogen (secondary N) is 1. The maximum Gasteiger partial charge on any atom is 0.292 e. The van der Waals surface area contributed by atoms with Gasteiger partial charge in [-0.2, -0.15) is 10.2 Å². The van der Waals surface area contributed by atoms with Crippen LogP contribution in [0.15, 0.2) is 70.1 Å². The second-order valence-electron chi connectivity index (χ2n) is 5.08. The Bertz CT molecular complexity index is 1040. The molecule has 5 nitrogen and oxygen atoms in total. The molecule has 0 saturated heterocycles. The molecule has 0 unspecified atom stereocenters. The van der Waals surface area contributed by atoms with Crippen LogP contribution in [0.4, 0.5) is 0 Å². The lowest BCUT2D eigenvalue weighted by Crippen LogP contribution is -2.09. The number of H-pyrrole nitrogens is 1. The van der Waals surface area contributed by atoms with Gasteiger partial charge in [0.25, 0.3) is 5.56 Å². The summed E-state index contributed by atoms with van der Waals surface area (Å²) in [6.07, 6.45) is 1.84. The quantitative estimate of drug-likeness (QED) is 0.590. The molecule has 1 N–H and O–H groups in total. The Morgan fingerprint density at radius 2 is 1.74 bits per heavy atom. The number of fused-ring (bicyclic) bond motifs is 1. The Balaban J connectivity index is 1.96. The molecule has 0 atom stereocenters. The molecule has 6 heteroatoms. The summed E-state index contributed by atoms with van der Waals surface area (Å²) in [5.74, 6) is 0. The molecule has 0 spiro atoms. The number of aromatic nitrogens is 4. The standard InChI is InChI=1S/C17H11BrN4O/c18-12-8-6-11(7-9-12)15-14-10-22(13-4-2-1-3-5-13)21-16(14)17(23)20-19-15/h1-10H,(H,20,23). The second kappa shape index (κ2) is 5.48. The Morgan fingerprint density at radius 3 is 2.48 bits per heavy atom. The molecule has 0 bridgehead atoms. The third-order valence-electron chi connectivity index (χ3n) is 3.59. The SMILES string of the molecule is O=c1[nH]nc(-c2ccc(Br)cc2)c2cn(-c3ccccc3)nc12. The van der Waals surface area contributed by atoms with Crippen molar-refractivity contribution in [3.8, 4) is 16.9 Å². The summed E-state index contributed by atoms with van der Waals surface area (Å²) < 4.78 is 2.69. The van der Waals surface area contributed by atoms with Crippen molar-refractivity contribution in [3.05, 3.63) is 75.6 Å². The van der Waals surface area contributed by atoms with Crippen molar-refractivity contribution in [2.24, 2.45) is 0 Å². The number of aromatic amines is 1. The van der Waals surface area contributed by atoms with Crippen molar-refractivity contribution in [1.82, 2.24) is 20.0 Å². The van der Waals surface area contributed by atoms with Gasteiger partial charge in [-0.1, -0.05) is 46.3 Å². The van der Waals surface area contributed by atoms with Crippen LogP contribution < -0.4 is 5.56 Å². The minimum atomic E-state index is -0.296. The van der Waals surface area contributed by atoms with E-state index < -0.39 is 0 Å². The van der Waals surface area contributed by atoms with Crippen molar-refractivity contribution < 1.29 is 0 Å². The van der Waals surface area contributed by atoms with Crippen LogP contribution in [0, 0.1) is 0 Å². The molecule has 0 aliphatic carbocycles. The smallest absolute Gasteiger partial charge is 0.265 e. The second-order valence-corrected chi connectivity index (χ2v) is 6.00. The first-order valence-corrected chi connectivity index (χ1v) is 7.81. The first-order valence-electron chi connectivity index (χ1n) is 7.02. The Morgan fingerprint density at radius 1 is 1.00 bits per heavy atom. The molecular formula is C17H11BrN4O. The first-order chi connectivity index (χ1) is 11.2. The van der Waals surface area contributed by atoms with Crippen molar-refractivity contribution in [3.63, 3.8) is 0 Å². The van der Waals surface area contributed by atoms with Gasteiger partial charge in [-0.3, -0.25) is 4.79 Å². The number of halogens is 1. The molecule has 4 aromatic rings. The van der Waals surface area contributed by atoms with Crippen LogP contribution in [-0.2, 0) is 0 Å². The van der Waals surface area contributed by atoms with Crippen molar-refractivity contribution in [2.45, 2.75) is 0 Å². The summed E-state index contributed by atoms with van der Waals surface area (Å²) in [7, 11) is 0. The van der Waals surface area contributed by atoms with Crippen molar-refractivity contribution in [1.29, 1.82) is 0 Å². The molecule has 2 aromatic heterocycles. The van der Waals surface area contributed by atoms with Gasteiger partial charge in [0.15, 0.2) is 5.52 Å². The van der Waals surface area contributed by atoms with Crippen LogP contribution >= 0.6 is 15.9 Å². The van der Waals surface area contributed by atoms with Crippen molar-refractivity contribution in [2.75, 3.05) is 0 Å². The number of hydrogen-bond donors (Lipinski definition) is 1. The number of benzene rings is 2. The highest BCUT2D eigenvalue weighted by atomic mass is 79.9. The summed E-state index contributed by atoms with van der Waals surface area (Å²) in [5, 5.41) is 11.9. The Labute approximate surface area is 139 Å². The molecule has 0 radical (unpaired) electrons. The minimum absolute atomic E-state index is 0.296. The van der Waals surface area contributed by atoms with Gasteiger partial charge in [-0.15, -0.1) is 0 Å². The number of para-hydroxylation sites is 1. The lowest BCUT2D eigenvalue weighted by Gasteiger charge is -2.01. The van der Waals surface area contributed by atoms with E-state index in [1.165, 1.54) is 0 Å². The molecule has 0 aliphatic rings. The van der Waals surface area contributed by atoms with E-state index in [0.29, 0.717) is 11.2 Å². The first kappa shape index (κ1) is 13.9. The van der Waals surface area contributed by atoms with Crippen LogP contribution in [-0.4, -0.2) is 20.0 Å². The zero-order chi connectivity index (χ0) is 15.8. The third-order valence-corrected chi connectivity index (χ3v) is 4.12. The number of nitrogens with zero attached hydrogens (tertiary/aromatic N) is 3. The van der Waals surface area contributed by atoms with Crippen LogP contribution in [0.3, 0.4) is 0 Å². The zero-order valence-electron chi connectivity index (χ0n) is 11.9. The Hall–Kier alpha value is -2.73. The summed E-state index contributed by atoms with van der Waals surface area (Å²) in [5.41, 5.74) is 2.60. The predicted molar refractivity (Wildman–Crippen MR) is 92.6 cm³/mol. The van der Waals surface area contributed by atoms with E-state index in [0.717, 1.165) is 21.1 Å². The van der Waals surface area contributed by atoms with Gasteiger partial charge in [0, 0.05) is 16.2 Å². The molecule has 0 fully saturated rings. The lowest BCUT2D eigenvalue weighted by molar-refractivity contribution is 0.891. The Kier molecular flexibility index (Phi) is 3.31. The molecule has 0 aliphatic heterocycles. The predicted octanol–water partition coefficient (Wildman–Crippen LogP) is 3.54. The molecule has 2 aromatic carbocycles. The highest BCUT2D eigenvalue weighted by Gasteiger charge is 2.13. The number of rotatable bonds is 2. The van der Waals surface area contributed by atoms with Gasteiger partial charge >= 0.3 is 0 Å². The number of hydrogen-bond acceptors (Lipinski definition) is 3. The summed E-state index contributed by atoms with van der Waals surface area (Å²) in [6.45, 7) is 0. The van der Waals surface area contributed by atoms with Crippen LogP contribution in [0.1, 0.15) is 0 Å². The van der Waals surface area contributed by atoms with E-state index >= 15 is 0 Å². The van der Waals surface area contributed by atoms with E-state index in [9.17, 15) is 4.79 Å². The molecular weight excluding hydrogens is 356 g/mol. The fourth-order valence-corrected chi connectivity index (χ4v) is 2.74. The highest BCUT2D eigenvalue weighted by Crippen LogP contribution is 2.25. The largest absolute Gasteiger partial charge is 0.292 e. The molecule has 2 heterocycles. The van der Waals surface area contributed by atoms with Gasteiger partial charge < -0.3 is 0 Å². The van der Waals surface area contributed by atoms with Gasteiger partial charge in [0.1, 0.15) is 5.69 Å². The third kappa shape index (κ3) is 2.47. The van der Waals surface area contributed by atoms with Gasteiger partial charge in [0.05, 0.1) is 11.1 Å². The molecule has 4 rings (SSSR count). The normalized spacial score (nSPS) is 11.0. The summed E-state index contributed by atoms with van der Waals surface area (Å²) >= 11 is 3.42. The lowest BCUT2D eigenvalue weighted by atomic mass is 10.1. The fraction of sp³-hybridized carbons (Fsp3) is 0. The van der Waals surface area contributed by atoms with E-state index in [2.05, 4.69) is 31.2 Å². The maximum atomic E-state index is 12.1. The van der Waals surface area contributed by atoms with E-state index in [1.54, 1.807) is 4.68 Å². The van der Waals surface area contributed by atoms with Gasteiger partial charge in [-0.25, -0.2) is 9.78 Å². The summed E-state index contributed by atoms with van der Waals surface area (Å²) in [4.78, 5) is 12.1. The van der Waals surface area contributed by atoms with Crippen LogP contribution in [0.2, 0.25) is 0 Å². The maximum absolute atomic E-state index is 12.1. The molecule has 112 valence electrons. The monoisotopic (exact) mass is 366 g/mol. The average Bonchev–Trinajstić information content (AvgIpc) is 3.03. The molecule has 0 saturated carbocycles. The van der Waals surface area contributed by atoms with E-state index in [4.69, 9.17) is 0 Å². The van der Waals surface area contributed by atoms with Gasteiger partial charge in [0.2, 0.25) is 0 Å². The molecule has 0 amide bonds. The van der Waals surface area contributed by atoms with Crippen LogP contribution in [0.5, 0.6) is 0 Å². The topological polar surface area (TPSA) is 63.6 Å². The highest BCUT2D eigenvalue weighted by molar-refractivity contribution is 9.10. The van der Waals surface area contributed by atoms with E-state index in [-0.39, 0.29) is 5.56 Å². The average molecular weight is 367 g/mol. The molecule has 23 heavy (non-hydrogen) atoms. The fourth-order valence-electron chi connectivity index (χ4n) is 2.48. The zero-order valence-corrected chi connectivity index (χ0v) is 13.5. The van der Waals surface area contributed by atoms with Crippen LogP contribution in [0.25, 0.3) is 27.8 Å². The minimum Gasteiger partial charge on any atom is -0.265 e. The van der Waals surface area contributed by atoms with Gasteiger partial charge in [-0.05, 0) is 24.3 Å².